The minimum Gasteiger partial charge on any atom is -0.195 e. The Balaban J connectivity index is 0.000000307. The first-order valence-corrected chi connectivity index (χ1v) is 16.7. The molecule has 0 unspecified atom stereocenters. The molecule has 8 heteroatoms. The molecule has 0 N–H and O–H groups in total. The molecule has 0 saturated heterocycles. The number of aromatic nitrogens is 1. The number of fused-ring (bicyclic) bond motifs is 5. The molecule has 0 radical (unpaired) electrons. The van der Waals surface area contributed by atoms with Crippen LogP contribution in [0.25, 0.3) is 22.0 Å². The van der Waals surface area contributed by atoms with Crippen molar-refractivity contribution in [3.8, 4) is 11.3 Å². The number of nitrogens with zero attached hydrogens (tertiary/aromatic N) is 1. The second kappa shape index (κ2) is 7.93. The van der Waals surface area contributed by atoms with Crippen molar-refractivity contribution in [3.63, 3.8) is 0 Å². The van der Waals surface area contributed by atoms with Gasteiger partial charge in [-0.05, 0) is 41.8 Å². The van der Waals surface area contributed by atoms with E-state index in [0.29, 0.717) is 0 Å². The zero-order valence-corrected chi connectivity index (χ0v) is 20.1. The Kier molecular flexibility index (Phi) is 5.80. The normalized spacial score (nSPS) is 18.6. The number of hydrogen-bond donors (Lipinski definition) is 0. The van der Waals surface area contributed by atoms with E-state index in [1.165, 1.54) is 66.1 Å². The Morgan fingerprint density at radius 3 is 2.16 bits per heavy atom. The third-order valence-corrected chi connectivity index (χ3v) is 6.25. The molecule has 1 nitrogen and oxygen atoms in total. The van der Waals surface area contributed by atoms with Crippen LogP contribution >= 0.6 is 0 Å². The van der Waals surface area contributed by atoms with Gasteiger partial charge in [0.05, 0.1) is 10.9 Å². The van der Waals surface area contributed by atoms with Gasteiger partial charge in [-0.3, -0.25) is 0 Å². The molecule has 1 aliphatic heterocycles. The van der Waals surface area contributed by atoms with Crippen molar-refractivity contribution in [2.24, 2.45) is 5.92 Å². The van der Waals surface area contributed by atoms with Gasteiger partial charge < -0.3 is 0 Å². The van der Waals surface area contributed by atoms with Crippen molar-refractivity contribution in [1.82, 2.24) is 0 Å². The maximum atomic E-state index is 9.93. The minimum absolute atomic E-state index is 0.878. The number of benzene rings is 2. The second-order valence-electron chi connectivity index (χ2n) is 8.80. The molecule has 1 fully saturated rings. The Morgan fingerprint density at radius 1 is 0.812 bits per heavy atom. The standard InChI is InChI=1S/C24H26N.6FH.Sb/c1-2-8-18(9-3-1)16-21-17-20-11-5-7-13-23(20)24-22-12-6-4-10-19(22)14-15-25(21)24;;;;;;;/h4-7,10-13,17-18H,1-3,8-9,14-16H2;6*1H;/q+1;;;;;;;+5/p-6. The third kappa shape index (κ3) is 6.40. The number of hydrogen-bond acceptors (Lipinski definition) is 0. The molecule has 1 aliphatic carbocycles. The van der Waals surface area contributed by atoms with E-state index in [1.807, 2.05) is 0 Å². The van der Waals surface area contributed by atoms with Crippen LogP contribution in [0.4, 0.5) is 16.9 Å². The SMILES string of the molecule is [F][Sb-]([F])([F])([F])([F])[F].c1ccc2c(c1)CC[n+]1c(CC3CCCCC3)cc3ccccc3c1-2. The monoisotopic (exact) mass is 563 g/mol. The molecule has 2 heterocycles. The minimum atomic E-state index is -11.2. The molecule has 1 saturated carbocycles. The van der Waals surface area contributed by atoms with Crippen LogP contribution in [0.2, 0.25) is 0 Å². The van der Waals surface area contributed by atoms with Gasteiger partial charge in [-0.25, -0.2) is 0 Å². The van der Waals surface area contributed by atoms with E-state index >= 15 is 0 Å². The summed E-state index contributed by atoms with van der Waals surface area (Å²) in [5, 5.41) is 2.80. The first kappa shape index (κ1) is 23.4. The molecule has 5 rings (SSSR count). The maximum Gasteiger partial charge on any atom is 0.220 e. The Morgan fingerprint density at radius 2 is 1.44 bits per heavy atom. The molecule has 2 aromatic carbocycles. The van der Waals surface area contributed by atoms with Crippen molar-refractivity contribution in [2.75, 3.05) is 0 Å². The molecule has 0 amide bonds. The Bertz CT molecular complexity index is 1120. The largest absolute Gasteiger partial charge is 0.220 e. The molecule has 1 aromatic heterocycles. The van der Waals surface area contributed by atoms with Gasteiger partial charge in [-0.15, -0.1) is 0 Å². The van der Waals surface area contributed by atoms with Crippen LogP contribution in [0.1, 0.15) is 43.4 Å². The first-order chi connectivity index (χ1) is 14.8. The maximum absolute atomic E-state index is 11.2. The van der Waals surface area contributed by atoms with Gasteiger partial charge in [0.1, 0.15) is 0 Å². The van der Waals surface area contributed by atoms with E-state index < -0.39 is 19.5 Å². The van der Waals surface area contributed by atoms with Crippen molar-refractivity contribution < 1.29 is 21.4 Å². The quantitative estimate of drug-likeness (QED) is 0.172. The van der Waals surface area contributed by atoms with Crippen LogP contribution < -0.4 is 4.57 Å². The van der Waals surface area contributed by atoms with Gasteiger partial charge in [-0.2, -0.15) is 4.57 Å². The third-order valence-electron chi connectivity index (χ3n) is 6.25. The predicted octanol–water partition coefficient (Wildman–Crippen LogP) is 7.61. The van der Waals surface area contributed by atoms with E-state index in [0.717, 1.165) is 18.9 Å². The summed E-state index contributed by atoms with van der Waals surface area (Å²) >= 11 is -11.2. The summed E-state index contributed by atoms with van der Waals surface area (Å²) in [5.74, 6) is 0.878. The van der Waals surface area contributed by atoms with Gasteiger partial charge >= 0.3 is 36.4 Å². The van der Waals surface area contributed by atoms with Crippen LogP contribution in [0, 0.1) is 5.92 Å². The van der Waals surface area contributed by atoms with Crippen LogP contribution in [0.3, 0.4) is 0 Å². The van der Waals surface area contributed by atoms with Gasteiger partial charge in [0, 0.05) is 18.9 Å². The molecule has 0 spiro atoms. The summed E-state index contributed by atoms with van der Waals surface area (Å²) < 4.78 is 62.2. The van der Waals surface area contributed by atoms with Gasteiger partial charge in [-0.1, -0.05) is 55.7 Å². The first-order valence-electron chi connectivity index (χ1n) is 10.9. The van der Waals surface area contributed by atoms with Crippen molar-refractivity contribution in [3.05, 3.63) is 65.9 Å². The van der Waals surface area contributed by atoms with Crippen LogP contribution in [-0.4, -0.2) is 19.5 Å². The van der Waals surface area contributed by atoms with Crippen LogP contribution in [0.15, 0.2) is 54.6 Å². The van der Waals surface area contributed by atoms with E-state index in [1.54, 1.807) is 5.69 Å². The summed E-state index contributed by atoms with van der Waals surface area (Å²) in [4.78, 5) is 0. The molecular weight excluding hydrogens is 538 g/mol. The summed E-state index contributed by atoms with van der Waals surface area (Å²) in [7, 11) is 0. The van der Waals surface area contributed by atoms with E-state index in [9.17, 15) is 16.9 Å². The molecule has 0 bridgehead atoms. The number of rotatable bonds is 2. The van der Waals surface area contributed by atoms with E-state index in [2.05, 4.69) is 59.2 Å². The summed E-state index contributed by atoms with van der Waals surface area (Å²) in [5.41, 5.74) is 5.94. The fourth-order valence-electron chi connectivity index (χ4n) is 4.99. The van der Waals surface area contributed by atoms with E-state index in [-0.39, 0.29) is 0 Å². The second-order valence-corrected chi connectivity index (χ2v) is 14.3. The van der Waals surface area contributed by atoms with Gasteiger partial charge in [0.25, 0.3) is 0 Å². The molecule has 32 heavy (non-hydrogen) atoms. The topological polar surface area (TPSA) is 3.88 Å². The summed E-state index contributed by atoms with van der Waals surface area (Å²) in [6.45, 7) is 1.12. The summed E-state index contributed by atoms with van der Waals surface area (Å²) in [6.07, 6.45) is 9.52. The van der Waals surface area contributed by atoms with Crippen molar-refractivity contribution >= 4 is 30.2 Å². The average molecular weight is 564 g/mol. The number of pyridine rings is 1. The number of halogens is 6. The summed E-state index contributed by atoms with van der Waals surface area (Å²) in [6, 6.07) is 20.4. The van der Waals surface area contributed by atoms with Crippen LogP contribution in [0.5, 0.6) is 0 Å². The molecule has 3 aromatic rings. The van der Waals surface area contributed by atoms with Gasteiger partial charge in [0.15, 0.2) is 12.2 Å². The Labute approximate surface area is 186 Å². The Hall–Kier alpha value is -1.75. The zero-order chi connectivity index (χ0) is 23.0. The average Bonchev–Trinajstić information content (AvgIpc) is 2.72. The molecule has 0 atom stereocenters. The number of aryl methyl sites for hydroxylation is 1. The van der Waals surface area contributed by atoms with Crippen molar-refractivity contribution in [2.45, 2.75) is 51.5 Å². The fourth-order valence-corrected chi connectivity index (χ4v) is 4.99. The predicted molar refractivity (Wildman–Crippen MR) is 116 cm³/mol. The molecule has 2 aliphatic rings. The van der Waals surface area contributed by atoms with Crippen LogP contribution in [-0.2, 0) is 19.4 Å². The smallest absolute Gasteiger partial charge is 0.195 e. The van der Waals surface area contributed by atoms with Crippen molar-refractivity contribution in [1.29, 1.82) is 0 Å². The van der Waals surface area contributed by atoms with Gasteiger partial charge in [0.2, 0.25) is 5.69 Å². The molecule has 174 valence electrons. The van der Waals surface area contributed by atoms with E-state index in [4.69, 9.17) is 0 Å². The fraction of sp³-hybridized carbons (Fsp3) is 0.375. The molecular formula is C24H26F6NSb. The zero-order valence-electron chi connectivity index (χ0n) is 17.6.